The summed E-state index contributed by atoms with van der Waals surface area (Å²) in [6.07, 6.45) is 18.9. The maximum Gasteiger partial charge on any atom is 0.0548 e. The maximum absolute atomic E-state index is 10.3. The summed E-state index contributed by atoms with van der Waals surface area (Å²) in [7, 11) is 0. The molecule has 0 aromatic rings. The largest absolute Gasteiger partial charge is 0.393 e. The highest BCUT2D eigenvalue weighted by Crippen LogP contribution is 2.40. The van der Waals surface area contributed by atoms with Gasteiger partial charge in [-0.25, -0.2) is 0 Å². The molecule has 4 unspecified atom stereocenters. The van der Waals surface area contributed by atoms with Gasteiger partial charge in [0.1, 0.15) is 0 Å². The normalized spacial score (nSPS) is 30.5. The van der Waals surface area contributed by atoms with Crippen LogP contribution >= 0.6 is 0 Å². The molecule has 0 spiro atoms. The highest BCUT2D eigenvalue weighted by Gasteiger charge is 2.32. The van der Waals surface area contributed by atoms with Gasteiger partial charge < -0.3 is 10.2 Å². The van der Waals surface area contributed by atoms with Crippen molar-refractivity contribution in [3.8, 4) is 0 Å². The molecule has 2 aliphatic rings. The molecule has 2 rings (SSSR count). The van der Waals surface area contributed by atoms with Crippen molar-refractivity contribution in [3.05, 3.63) is 23.3 Å². The Bertz CT molecular complexity index is 505. The van der Waals surface area contributed by atoms with Crippen LogP contribution in [0.3, 0.4) is 0 Å². The second kappa shape index (κ2) is 12.2. The van der Waals surface area contributed by atoms with E-state index in [2.05, 4.69) is 32.9 Å². The van der Waals surface area contributed by atoms with Crippen LogP contribution in [0.1, 0.15) is 105 Å². The van der Waals surface area contributed by atoms with Gasteiger partial charge in [0.2, 0.25) is 0 Å². The number of allylic oxidation sites excluding steroid dienone is 4. The van der Waals surface area contributed by atoms with Crippen LogP contribution in [0, 0.1) is 23.7 Å². The van der Waals surface area contributed by atoms with Crippen LogP contribution in [0.5, 0.6) is 0 Å². The third kappa shape index (κ3) is 7.02. The summed E-state index contributed by atoms with van der Waals surface area (Å²) < 4.78 is 0. The molecule has 0 aromatic carbocycles. The molecule has 2 nitrogen and oxygen atoms in total. The minimum Gasteiger partial charge on any atom is -0.393 e. The highest BCUT2D eigenvalue weighted by atomic mass is 16.3. The van der Waals surface area contributed by atoms with Gasteiger partial charge >= 0.3 is 0 Å². The van der Waals surface area contributed by atoms with Crippen molar-refractivity contribution in [2.24, 2.45) is 23.7 Å². The standard InChI is InChI=1S/C26H46O2/c1-5-25(28)16-8-6-7-12-22-13-10-14-23(20(22)3)17-18-24-15-9-11-19(2)26(24)21(4)27/h9,11,19,21,23-28H,5-8,10,12-18H2,1-4H3/t19-,21?,23-,24?,25?,26?/m0/s1. The van der Waals surface area contributed by atoms with Crippen molar-refractivity contribution in [2.45, 2.75) is 117 Å². The number of aliphatic hydroxyl groups is 2. The first-order valence-electron chi connectivity index (χ1n) is 12.1. The van der Waals surface area contributed by atoms with E-state index in [-0.39, 0.29) is 12.2 Å². The van der Waals surface area contributed by atoms with Gasteiger partial charge in [0.05, 0.1) is 12.2 Å². The van der Waals surface area contributed by atoms with Crippen molar-refractivity contribution in [1.29, 1.82) is 0 Å². The van der Waals surface area contributed by atoms with Gasteiger partial charge in [0.25, 0.3) is 0 Å². The fraction of sp³-hybridized carbons (Fsp3) is 0.846. The summed E-state index contributed by atoms with van der Waals surface area (Å²) in [4.78, 5) is 0. The SMILES string of the molecule is CCC(O)CCCCCC1=C(C)[C@H](CCC2CC=C[C@H](C)C2C(C)O)CCC1. The topological polar surface area (TPSA) is 40.5 Å². The van der Waals surface area contributed by atoms with Crippen molar-refractivity contribution >= 4 is 0 Å². The van der Waals surface area contributed by atoms with Gasteiger partial charge in [-0.2, -0.15) is 0 Å². The molecule has 0 fully saturated rings. The van der Waals surface area contributed by atoms with E-state index in [0.717, 1.165) is 25.2 Å². The third-order valence-electron chi connectivity index (χ3n) is 7.66. The molecule has 0 bridgehead atoms. The van der Waals surface area contributed by atoms with Crippen LogP contribution in [0.2, 0.25) is 0 Å². The Hall–Kier alpha value is -0.600. The van der Waals surface area contributed by atoms with Gasteiger partial charge in [-0.1, -0.05) is 50.0 Å². The molecule has 6 atom stereocenters. The predicted octanol–water partition coefficient (Wildman–Crippen LogP) is 6.81. The highest BCUT2D eigenvalue weighted by molar-refractivity contribution is 5.18. The van der Waals surface area contributed by atoms with E-state index in [0.29, 0.717) is 17.8 Å². The van der Waals surface area contributed by atoms with E-state index >= 15 is 0 Å². The molecule has 2 heteroatoms. The molecule has 0 amide bonds. The molecule has 0 saturated carbocycles. The maximum atomic E-state index is 10.3. The van der Waals surface area contributed by atoms with E-state index in [4.69, 9.17) is 0 Å². The molecule has 0 saturated heterocycles. The number of rotatable bonds is 11. The zero-order valence-electron chi connectivity index (χ0n) is 19.0. The zero-order valence-corrected chi connectivity index (χ0v) is 19.0. The van der Waals surface area contributed by atoms with Crippen LogP contribution < -0.4 is 0 Å². The van der Waals surface area contributed by atoms with Gasteiger partial charge in [-0.15, -0.1) is 0 Å². The second-order valence-corrected chi connectivity index (χ2v) is 9.72. The fourth-order valence-corrected chi connectivity index (χ4v) is 5.79. The molecule has 0 aliphatic heterocycles. The van der Waals surface area contributed by atoms with E-state index in [1.165, 1.54) is 57.8 Å². The summed E-state index contributed by atoms with van der Waals surface area (Å²) in [5, 5.41) is 20.0. The van der Waals surface area contributed by atoms with Gasteiger partial charge in [0.15, 0.2) is 0 Å². The van der Waals surface area contributed by atoms with Gasteiger partial charge in [-0.05, 0) is 102 Å². The lowest BCUT2D eigenvalue weighted by atomic mass is 9.70. The van der Waals surface area contributed by atoms with Crippen molar-refractivity contribution < 1.29 is 10.2 Å². The summed E-state index contributed by atoms with van der Waals surface area (Å²) in [6.45, 7) is 8.71. The lowest BCUT2D eigenvalue weighted by Crippen LogP contribution is -2.33. The summed E-state index contributed by atoms with van der Waals surface area (Å²) in [5.74, 6) is 2.34. The minimum absolute atomic E-state index is 0.0946. The number of aliphatic hydroxyl groups excluding tert-OH is 2. The quantitative estimate of drug-likeness (QED) is 0.300. The van der Waals surface area contributed by atoms with E-state index in [9.17, 15) is 10.2 Å². The fourth-order valence-electron chi connectivity index (χ4n) is 5.79. The van der Waals surface area contributed by atoms with E-state index in [1.807, 2.05) is 6.92 Å². The van der Waals surface area contributed by atoms with E-state index in [1.54, 1.807) is 11.1 Å². The first kappa shape index (κ1) is 23.7. The van der Waals surface area contributed by atoms with Crippen LogP contribution in [0.4, 0.5) is 0 Å². The first-order chi connectivity index (χ1) is 13.4. The average molecular weight is 391 g/mol. The van der Waals surface area contributed by atoms with Crippen molar-refractivity contribution in [1.82, 2.24) is 0 Å². The molecule has 2 N–H and O–H groups in total. The Labute approximate surface area is 174 Å². The number of hydrogen-bond donors (Lipinski definition) is 2. The smallest absolute Gasteiger partial charge is 0.0548 e. The zero-order chi connectivity index (χ0) is 20.5. The Morgan fingerprint density at radius 3 is 2.64 bits per heavy atom. The van der Waals surface area contributed by atoms with Crippen LogP contribution in [0.25, 0.3) is 0 Å². The van der Waals surface area contributed by atoms with E-state index < -0.39 is 0 Å². The number of unbranched alkanes of at least 4 members (excludes halogenated alkanes) is 2. The summed E-state index contributed by atoms with van der Waals surface area (Å²) >= 11 is 0. The first-order valence-corrected chi connectivity index (χ1v) is 12.1. The minimum atomic E-state index is -0.199. The molecular formula is C26H46O2. The van der Waals surface area contributed by atoms with Gasteiger partial charge in [0, 0.05) is 0 Å². The molecule has 0 aromatic heterocycles. The second-order valence-electron chi connectivity index (χ2n) is 9.72. The lowest BCUT2D eigenvalue weighted by Gasteiger charge is -2.37. The Morgan fingerprint density at radius 1 is 1.14 bits per heavy atom. The lowest BCUT2D eigenvalue weighted by molar-refractivity contribution is 0.0552. The molecule has 0 heterocycles. The van der Waals surface area contributed by atoms with Crippen LogP contribution in [-0.2, 0) is 0 Å². The average Bonchev–Trinajstić information content (AvgIpc) is 2.67. The molecule has 162 valence electrons. The van der Waals surface area contributed by atoms with Crippen molar-refractivity contribution in [2.75, 3.05) is 0 Å². The summed E-state index contributed by atoms with van der Waals surface area (Å²) in [6, 6.07) is 0. The Morgan fingerprint density at radius 2 is 1.93 bits per heavy atom. The molecular weight excluding hydrogens is 344 g/mol. The number of hydrogen-bond acceptors (Lipinski definition) is 2. The monoisotopic (exact) mass is 390 g/mol. The third-order valence-corrected chi connectivity index (χ3v) is 7.66. The molecule has 28 heavy (non-hydrogen) atoms. The van der Waals surface area contributed by atoms with Crippen molar-refractivity contribution in [3.63, 3.8) is 0 Å². The van der Waals surface area contributed by atoms with Gasteiger partial charge in [-0.3, -0.25) is 0 Å². The van der Waals surface area contributed by atoms with Crippen LogP contribution in [0.15, 0.2) is 23.3 Å². The predicted molar refractivity (Wildman–Crippen MR) is 120 cm³/mol. The Kier molecular flexibility index (Phi) is 10.3. The Balaban J connectivity index is 1.81. The molecule has 0 radical (unpaired) electrons. The molecule has 2 aliphatic carbocycles. The summed E-state index contributed by atoms with van der Waals surface area (Å²) in [5.41, 5.74) is 3.42. The van der Waals surface area contributed by atoms with Crippen LogP contribution in [-0.4, -0.2) is 22.4 Å².